The van der Waals surface area contributed by atoms with Crippen LogP contribution in [0.1, 0.15) is 16.6 Å². The molecule has 0 radical (unpaired) electrons. The monoisotopic (exact) mass is 369 g/mol. The Labute approximate surface area is 152 Å². The first-order valence-electron chi connectivity index (χ1n) is 8.31. The van der Waals surface area contributed by atoms with Gasteiger partial charge in [0.25, 0.3) is 5.91 Å². The third-order valence-corrected chi connectivity index (χ3v) is 4.76. The van der Waals surface area contributed by atoms with E-state index in [1.54, 1.807) is 28.8 Å². The van der Waals surface area contributed by atoms with Crippen molar-refractivity contribution in [1.82, 2.24) is 19.5 Å². The lowest BCUT2D eigenvalue weighted by Gasteiger charge is -2.26. The predicted molar refractivity (Wildman–Crippen MR) is 90.5 cm³/mol. The minimum absolute atomic E-state index is 0.102. The average Bonchev–Trinajstić information content (AvgIpc) is 3.31. The maximum atomic E-state index is 12.4. The SMILES string of the molecule is O=C(Nc1ncnc2c1ncn2C1OC2(O)COC1C2O)c1ccccc1. The molecule has 5 rings (SSSR count). The standard InChI is InChI=1S/C17H15N5O5/c23-12-11-16(27-17(12,25)6-26-11)22-8-20-10-13(18-7-19-14(10)22)21-15(24)9-4-2-1-3-5-9/h1-5,7-8,11-12,16,23,25H,6H2,(H,18,19,21,24). The van der Waals surface area contributed by atoms with Crippen molar-refractivity contribution in [2.24, 2.45) is 0 Å². The van der Waals surface area contributed by atoms with Crippen LogP contribution in [-0.4, -0.2) is 60.2 Å². The number of carbonyl (C=O) groups excluding carboxylic acids is 1. The molecule has 1 aromatic carbocycles. The number of anilines is 1. The average molecular weight is 369 g/mol. The van der Waals surface area contributed by atoms with Gasteiger partial charge in [0.1, 0.15) is 25.1 Å². The summed E-state index contributed by atoms with van der Waals surface area (Å²) >= 11 is 0. The van der Waals surface area contributed by atoms with Crippen molar-refractivity contribution < 1.29 is 24.5 Å². The van der Waals surface area contributed by atoms with Gasteiger partial charge < -0.3 is 25.0 Å². The van der Waals surface area contributed by atoms with Crippen LogP contribution in [0.5, 0.6) is 0 Å². The van der Waals surface area contributed by atoms with E-state index in [4.69, 9.17) is 9.47 Å². The molecule has 0 aliphatic carbocycles. The zero-order valence-corrected chi connectivity index (χ0v) is 13.9. The molecule has 1 amide bonds. The van der Waals surface area contributed by atoms with Crippen LogP contribution in [0, 0.1) is 0 Å². The molecule has 2 fully saturated rings. The van der Waals surface area contributed by atoms with E-state index in [1.165, 1.54) is 12.7 Å². The van der Waals surface area contributed by atoms with E-state index in [-0.39, 0.29) is 18.3 Å². The van der Waals surface area contributed by atoms with Gasteiger partial charge in [-0.1, -0.05) is 18.2 Å². The Morgan fingerprint density at radius 1 is 1.26 bits per heavy atom. The summed E-state index contributed by atoms with van der Waals surface area (Å²) in [5.41, 5.74) is 1.22. The van der Waals surface area contributed by atoms with Crippen LogP contribution in [0.15, 0.2) is 43.0 Å². The smallest absolute Gasteiger partial charge is 0.256 e. The molecule has 27 heavy (non-hydrogen) atoms. The largest absolute Gasteiger partial charge is 0.384 e. The summed E-state index contributed by atoms with van der Waals surface area (Å²) < 4.78 is 12.5. The van der Waals surface area contributed by atoms with Crippen LogP contribution in [0.3, 0.4) is 0 Å². The lowest BCUT2D eigenvalue weighted by molar-refractivity contribution is -0.267. The van der Waals surface area contributed by atoms with Gasteiger partial charge >= 0.3 is 0 Å². The zero-order valence-electron chi connectivity index (χ0n) is 13.9. The minimum atomic E-state index is -1.75. The second-order valence-electron chi connectivity index (χ2n) is 6.44. The lowest BCUT2D eigenvalue weighted by Crippen LogP contribution is -2.39. The molecule has 3 aromatic rings. The number of carbonyl (C=O) groups is 1. The van der Waals surface area contributed by atoms with Crippen molar-refractivity contribution in [2.45, 2.75) is 24.2 Å². The van der Waals surface area contributed by atoms with Crippen molar-refractivity contribution in [1.29, 1.82) is 0 Å². The van der Waals surface area contributed by atoms with Crippen molar-refractivity contribution in [2.75, 3.05) is 11.9 Å². The number of nitrogens with zero attached hydrogens (tertiary/aromatic N) is 4. The Hall–Kier alpha value is -2.92. The molecular weight excluding hydrogens is 354 g/mol. The van der Waals surface area contributed by atoms with Crippen molar-refractivity contribution >= 4 is 22.9 Å². The maximum absolute atomic E-state index is 12.4. The van der Waals surface area contributed by atoms with E-state index in [0.717, 1.165) is 0 Å². The molecule has 2 bridgehead atoms. The summed E-state index contributed by atoms with van der Waals surface area (Å²) in [7, 11) is 0. The van der Waals surface area contributed by atoms with Gasteiger partial charge in [-0.05, 0) is 12.1 Å². The van der Waals surface area contributed by atoms with Gasteiger partial charge in [0.2, 0.25) is 5.79 Å². The highest BCUT2D eigenvalue weighted by molar-refractivity contribution is 6.06. The fourth-order valence-corrected chi connectivity index (χ4v) is 3.38. The highest BCUT2D eigenvalue weighted by Crippen LogP contribution is 2.44. The van der Waals surface area contributed by atoms with Gasteiger partial charge in [-0.15, -0.1) is 0 Å². The van der Waals surface area contributed by atoms with Crippen LogP contribution >= 0.6 is 0 Å². The third-order valence-electron chi connectivity index (χ3n) is 4.76. The number of fused-ring (bicyclic) bond motifs is 3. The first kappa shape index (κ1) is 16.3. The van der Waals surface area contributed by atoms with E-state index >= 15 is 0 Å². The lowest BCUT2D eigenvalue weighted by atomic mass is 10.1. The summed E-state index contributed by atoms with van der Waals surface area (Å²) in [6.45, 7) is -0.102. The summed E-state index contributed by atoms with van der Waals surface area (Å²) in [5, 5.41) is 23.1. The highest BCUT2D eigenvalue weighted by atomic mass is 16.7. The maximum Gasteiger partial charge on any atom is 0.256 e. The molecule has 2 aromatic heterocycles. The Morgan fingerprint density at radius 3 is 2.78 bits per heavy atom. The summed E-state index contributed by atoms with van der Waals surface area (Å²) in [6, 6.07) is 8.73. The molecule has 0 saturated carbocycles. The minimum Gasteiger partial charge on any atom is -0.384 e. The molecule has 4 atom stereocenters. The quantitative estimate of drug-likeness (QED) is 0.590. The molecule has 10 heteroatoms. The number of rotatable bonds is 3. The van der Waals surface area contributed by atoms with Crippen LogP contribution in [0.25, 0.3) is 11.2 Å². The molecule has 4 unspecified atom stereocenters. The normalized spacial score (nSPS) is 29.3. The van der Waals surface area contributed by atoms with E-state index in [0.29, 0.717) is 16.7 Å². The van der Waals surface area contributed by atoms with Crippen molar-refractivity contribution in [3.05, 3.63) is 48.5 Å². The first-order valence-corrected chi connectivity index (χ1v) is 8.31. The van der Waals surface area contributed by atoms with Gasteiger partial charge in [0.15, 0.2) is 23.2 Å². The topological polar surface area (TPSA) is 132 Å². The molecular formula is C17H15N5O5. The number of aliphatic hydroxyl groups is 2. The molecule has 2 aliphatic heterocycles. The number of benzene rings is 1. The number of hydrogen-bond acceptors (Lipinski definition) is 8. The Morgan fingerprint density at radius 2 is 2.07 bits per heavy atom. The number of aliphatic hydroxyl groups excluding tert-OH is 1. The fourth-order valence-electron chi connectivity index (χ4n) is 3.38. The van der Waals surface area contributed by atoms with Gasteiger partial charge in [-0.25, -0.2) is 15.0 Å². The Kier molecular flexibility index (Phi) is 3.49. The Bertz CT molecular complexity index is 1020. The summed E-state index contributed by atoms with van der Waals surface area (Å²) in [4.78, 5) is 25.0. The third kappa shape index (κ3) is 2.42. The number of imidazole rings is 1. The second-order valence-corrected chi connectivity index (χ2v) is 6.44. The first-order chi connectivity index (χ1) is 13.1. The van der Waals surface area contributed by atoms with E-state index in [2.05, 4.69) is 20.3 Å². The highest BCUT2D eigenvalue weighted by Gasteiger charge is 2.61. The van der Waals surface area contributed by atoms with Crippen molar-refractivity contribution in [3.8, 4) is 0 Å². The molecule has 0 spiro atoms. The van der Waals surface area contributed by atoms with Gasteiger partial charge in [0.05, 0.1) is 6.33 Å². The zero-order chi connectivity index (χ0) is 18.6. The number of ether oxygens (including phenoxy) is 2. The molecule has 4 heterocycles. The predicted octanol–water partition coefficient (Wildman–Crippen LogP) is 0.0557. The number of hydrogen-bond donors (Lipinski definition) is 3. The van der Waals surface area contributed by atoms with E-state index in [1.807, 2.05) is 6.07 Å². The van der Waals surface area contributed by atoms with Crippen LogP contribution < -0.4 is 5.32 Å². The molecule has 10 nitrogen and oxygen atoms in total. The number of nitrogens with one attached hydrogen (secondary N) is 1. The fraction of sp³-hybridized carbons (Fsp3) is 0.294. The summed E-state index contributed by atoms with van der Waals surface area (Å²) in [5.74, 6) is -1.83. The molecule has 2 saturated heterocycles. The van der Waals surface area contributed by atoms with Crippen molar-refractivity contribution in [3.63, 3.8) is 0 Å². The van der Waals surface area contributed by atoms with Gasteiger partial charge in [-0.3, -0.25) is 9.36 Å². The van der Waals surface area contributed by atoms with Crippen LogP contribution in [-0.2, 0) is 9.47 Å². The second kappa shape index (κ2) is 5.79. The van der Waals surface area contributed by atoms with Gasteiger partial charge in [0, 0.05) is 5.56 Å². The molecule has 138 valence electrons. The molecule has 3 N–H and O–H groups in total. The summed E-state index contributed by atoms with van der Waals surface area (Å²) in [6.07, 6.45) is 0.0305. The van der Waals surface area contributed by atoms with Crippen LogP contribution in [0.4, 0.5) is 5.82 Å². The van der Waals surface area contributed by atoms with Crippen LogP contribution in [0.2, 0.25) is 0 Å². The Balaban J connectivity index is 1.48. The molecule has 2 aliphatic rings. The van der Waals surface area contributed by atoms with E-state index in [9.17, 15) is 15.0 Å². The van der Waals surface area contributed by atoms with E-state index < -0.39 is 24.2 Å². The number of amides is 1. The van der Waals surface area contributed by atoms with Gasteiger partial charge in [-0.2, -0.15) is 0 Å². The number of aromatic nitrogens is 4.